The highest BCUT2D eigenvalue weighted by molar-refractivity contribution is 7.09. The Bertz CT molecular complexity index is 707. The number of rotatable bonds is 3. The van der Waals surface area contributed by atoms with Crippen LogP contribution in [0.15, 0.2) is 17.5 Å². The van der Waals surface area contributed by atoms with Crippen molar-refractivity contribution in [2.75, 3.05) is 59.5 Å². The van der Waals surface area contributed by atoms with Crippen LogP contribution in [0.5, 0.6) is 0 Å². The molecule has 4 rings (SSSR count). The molecule has 3 fully saturated rings. The van der Waals surface area contributed by atoms with Crippen LogP contribution in [0, 0.1) is 11.3 Å². The second kappa shape index (κ2) is 9.02. The number of nitrogens with zero attached hydrogens (tertiary/aromatic N) is 3. The molecule has 0 saturated carbocycles. The lowest BCUT2D eigenvalue weighted by atomic mass is 9.72. The van der Waals surface area contributed by atoms with E-state index >= 15 is 0 Å². The van der Waals surface area contributed by atoms with Crippen molar-refractivity contribution in [3.63, 3.8) is 0 Å². The van der Waals surface area contributed by atoms with Gasteiger partial charge >= 0.3 is 6.03 Å². The Kier molecular flexibility index (Phi) is 6.41. The normalized spacial score (nSPS) is 28.5. The van der Waals surface area contributed by atoms with Crippen LogP contribution in [0.3, 0.4) is 0 Å². The van der Waals surface area contributed by atoms with Gasteiger partial charge in [0.15, 0.2) is 0 Å². The largest absolute Gasteiger partial charge is 0.378 e. The fourth-order valence-electron chi connectivity index (χ4n) is 5.16. The average Bonchev–Trinajstić information content (AvgIpc) is 3.31. The van der Waals surface area contributed by atoms with Gasteiger partial charge in [-0.3, -0.25) is 4.79 Å². The van der Waals surface area contributed by atoms with E-state index in [0.717, 1.165) is 45.4 Å². The molecule has 7 nitrogen and oxygen atoms in total. The van der Waals surface area contributed by atoms with E-state index in [9.17, 15) is 9.59 Å². The number of nitrogens with one attached hydrogen (secondary N) is 1. The Morgan fingerprint density at radius 2 is 2.00 bits per heavy atom. The summed E-state index contributed by atoms with van der Waals surface area (Å²) in [5.74, 6) is 0.154. The van der Waals surface area contributed by atoms with Gasteiger partial charge in [-0.25, -0.2) is 4.79 Å². The Morgan fingerprint density at radius 3 is 2.76 bits per heavy atom. The molecule has 3 saturated heterocycles. The monoisotopic (exact) mass is 420 g/mol. The lowest BCUT2D eigenvalue weighted by Crippen LogP contribution is -2.48. The van der Waals surface area contributed by atoms with Crippen molar-refractivity contribution in [3.8, 4) is 0 Å². The lowest BCUT2D eigenvalue weighted by Gasteiger charge is -2.34. The van der Waals surface area contributed by atoms with Crippen LogP contribution in [0.4, 0.5) is 4.79 Å². The molecule has 0 aromatic carbocycles. The van der Waals surface area contributed by atoms with Crippen molar-refractivity contribution in [3.05, 3.63) is 22.4 Å². The number of morpholine rings is 1. The van der Waals surface area contributed by atoms with Crippen molar-refractivity contribution >= 4 is 23.3 Å². The first-order valence-electron chi connectivity index (χ1n) is 10.7. The van der Waals surface area contributed by atoms with Gasteiger partial charge < -0.3 is 24.8 Å². The summed E-state index contributed by atoms with van der Waals surface area (Å²) in [4.78, 5) is 33.4. The maximum Gasteiger partial charge on any atom is 0.320 e. The summed E-state index contributed by atoms with van der Waals surface area (Å²) in [6, 6.07) is 4.21. The number of hydrogen-bond donors (Lipinski definition) is 1. The minimum Gasteiger partial charge on any atom is -0.378 e. The summed E-state index contributed by atoms with van der Waals surface area (Å²) in [6.45, 7) is 6.46. The zero-order chi connectivity index (χ0) is 20.3. The molecule has 160 valence electrons. The van der Waals surface area contributed by atoms with Gasteiger partial charge in [-0.2, -0.15) is 0 Å². The average molecular weight is 421 g/mol. The maximum absolute atomic E-state index is 13.1. The van der Waals surface area contributed by atoms with Crippen molar-refractivity contribution in [1.29, 1.82) is 0 Å². The van der Waals surface area contributed by atoms with Crippen LogP contribution < -0.4 is 5.32 Å². The molecule has 0 unspecified atom stereocenters. The molecule has 1 aromatic heterocycles. The van der Waals surface area contributed by atoms with E-state index in [1.807, 2.05) is 21.2 Å². The first-order valence-corrected chi connectivity index (χ1v) is 11.6. The fraction of sp³-hybridized carbons (Fsp3) is 0.714. The number of hydrogen-bond acceptors (Lipinski definition) is 5. The van der Waals surface area contributed by atoms with E-state index in [-0.39, 0.29) is 23.3 Å². The third-order valence-electron chi connectivity index (χ3n) is 6.69. The van der Waals surface area contributed by atoms with Crippen LogP contribution in [-0.2, 0) is 16.1 Å². The van der Waals surface area contributed by atoms with Gasteiger partial charge in [-0.1, -0.05) is 6.07 Å². The van der Waals surface area contributed by atoms with Crippen molar-refractivity contribution in [2.45, 2.75) is 25.8 Å². The van der Waals surface area contributed by atoms with Gasteiger partial charge in [-0.15, -0.1) is 11.3 Å². The molecular weight excluding hydrogens is 388 g/mol. The van der Waals surface area contributed by atoms with Gasteiger partial charge in [0.1, 0.15) is 0 Å². The van der Waals surface area contributed by atoms with E-state index in [1.54, 1.807) is 11.3 Å². The number of amides is 3. The van der Waals surface area contributed by atoms with Crippen LogP contribution in [0.1, 0.15) is 24.1 Å². The van der Waals surface area contributed by atoms with Gasteiger partial charge in [-0.05, 0) is 43.2 Å². The minimum absolute atomic E-state index is 0.00843. The molecule has 2 atom stereocenters. The maximum atomic E-state index is 13.1. The third kappa shape index (κ3) is 4.59. The molecule has 3 amide bonds. The van der Waals surface area contributed by atoms with Gasteiger partial charge in [0.25, 0.3) is 0 Å². The zero-order valence-electron chi connectivity index (χ0n) is 17.3. The highest BCUT2D eigenvalue weighted by Gasteiger charge is 2.49. The molecule has 4 heterocycles. The first kappa shape index (κ1) is 20.6. The summed E-state index contributed by atoms with van der Waals surface area (Å²) in [5.41, 5.74) is -0.0334. The van der Waals surface area contributed by atoms with Crippen LogP contribution in [0.25, 0.3) is 0 Å². The fourth-order valence-corrected chi connectivity index (χ4v) is 5.80. The highest BCUT2D eigenvalue weighted by atomic mass is 32.1. The summed E-state index contributed by atoms with van der Waals surface area (Å²) in [6.07, 6.45) is 2.85. The topological polar surface area (TPSA) is 65.1 Å². The first-order chi connectivity index (χ1) is 14.1. The Hall–Kier alpha value is -1.64. The molecule has 1 spiro atoms. The molecule has 8 heteroatoms. The third-order valence-corrected chi connectivity index (χ3v) is 7.56. The standard InChI is InChI=1S/C21H32N4O3S/c1-23-15-18(19(26)22-14-17-4-2-13-29-17)21(16-23)5-3-7-24(8-6-21)20(27)25-9-11-28-12-10-25/h2,4,13,18H,3,5-12,14-16H2,1H3,(H,22,26)/t18-,21+/m1/s1. The summed E-state index contributed by atoms with van der Waals surface area (Å²) in [5, 5.41) is 5.21. The number of likely N-dealkylation sites (tertiary alicyclic amines) is 2. The zero-order valence-corrected chi connectivity index (χ0v) is 18.1. The highest BCUT2D eigenvalue weighted by Crippen LogP contribution is 2.44. The number of urea groups is 1. The molecule has 0 aliphatic carbocycles. The second-order valence-electron chi connectivity index (χ2n) is 8.63. The number of thiophene rings is 1. The number of carbonyl (C=O) groups is 2. The van der Waals surface area contributed by atoms with E-state index < -0.39 is 0 Å². The van der Waals surface area contributed by atoms with E-state index in [1.165, 1.54) is 4.88 Å². The summed E-state index contributed by atoms with van der Waals surface area (Å²) >= 11 is 1.67. The van der Waals surface area contributed by atoms with Gasteiger partial charge in [0.05, 0.1) is 25.7 Å². The SMILES string of the molecule is CN1C[C@H](C(=O)NCc2cccs2)[C@]2(CCCN(C(=O)N3CCOCC3)CC2)C1. The van der Waals surface area contributed by atoms with E-state index in [4.69, 9.17) is 4.74 Å². The molecule has 1 N–H and O–H groups in total. The van der Waals surface area contributed by atoms with E-state index in [0.29, 0.717) is 32.8 Å². The second-order valence-corrected chi connectivity index (χ2v) is 9.66. The molecule has 0 bridgehead atoms. The molecule has 29 heavy (non-hydrogen) atoms. The quantitative estimate of drug-likeness (QED) is 0.811. The van der Waals surface area contributed by atoms with Crippen molar-refractivity contribution < 1.29 is 14.3 Å². The number of ether oxygens (including phenoxy) is 1. The lowest BCUT2D eigenvalue weighted by molar-refractivity contribution is -0.128. The minimum atomic E-state index is -0.0334. The number of carbonyl (C=O) groups excluding carboxylic acids is 2. The molecule has 1 aromatic rings. The molecule has 3 aliphatic heterocycles. The van der Waals surface area contributed by atoms with Crippen molar-refractivity contribution in [1.82, 2.24) is 20.0 Å². The van der Waals surface area contributed by atoms with Crippen molar-refractivity contribution in [2.24, 2.45) is 11.3 Å². The predicted molar refractivity (Wildman–Crippen MR) is 113 cm³/mol. The Labute approximate surface area is 177 Å². The smallest absolute Gasteiger partial charge is 0.320 e. The van der Waals surface area contributed by atoms with Crippen LogP contribution >= 0.6 is 11.3 Å². The van der Waals surface area contributed by atoms with Crippen LogP contribution in [-0.4, -0.2) is 86.2 Å². The predicted octanol–water partition coefficient (Wildman–Crippen LogP) is 1.85. The summed E-state index contributed by atoms with van der Waals surface area (Å²) in [7, 11) is 2.11. The molecule has 3 aliphatic rings. The molecular formula is C21H32N4O3S. The van der Waals surface area contributed by atoms with Gasteiger partial charge in [0, 0.05) is 44.1 Å². The van der Waals surface area contributed by atoms with Crippen LogP contribution in [0.2, 0.25) is 0 Å². The summed E-state index contributed by atoms with van der Waals surface area (Å²) < 4.78 is 5.38. The Morgan fingerprint density at radius 1 is 1.21 bits per heavy atom. The van der Waals surface area contributed by atoms with Gasteiger partial charge in [0.2, 0.25) is 5.91 Å². The molecule has 0 radical (unpaired) electrons. The Balaban J connectivity index is 1.40. The van der Waals surface area contributed by atoms with E-state index in [2.05, 4.69) is 23.3 Å².